The van der Waals surface area contributed by atoms with E-state index in [1.165, 1.54) is 6.42 Å². The standard InChI is InChI=1S/C9H15NO/c1-7(2)9(11)8-5-3-4-6-10-8/h8,10H,1,3-6H2,2H3. The van der Waals surface area contributed by atoms with Gasteiger partial charge in [0.05, 0.1) is 6.04 Å². The Labute approximate surface area is 67.7 Å². The molecule has 1 rings (SSSR count). The van der Waals surface area contributed by atoms with Crippen LogP contribution in [0.5, 0.6) is 0 Å². The second kappa shape index (κ2) is 3.67. The monoisotopic (exact) mass is 153 g/mol. The van der Waals surface area contributed by atoms with Crippen LogP contribution in [0.1, 0.15) is 26.2 Å². The number of piperidine rings is 1. The number of carbonyl (C=O) groups excluding carboxylic acids is 1. The van der Waals surface area contributed by atoms with E-state index in [1.54, 1.807) is 6.92 Å². The van der Waals surface area contributed by atoms with Crippen LogP contribution in [0.3, 0.4) is 0 Å². The molecule has 0 aromatic carbocycles. The Morgan fingerprint density at radius 1 is 1.55 bits per heavy atom. The zero-order chi connectivity index (χ0) is 8.27. The van der Waals surface area contributed by atoms with Gasteiger partial charge in [-0.25, -0.2) is 0 Å². The highest BCUT2D eigenvalue weighted by Gasteiger charge is 2.19. The molecule has 1 aliphatic rings. The van der Waals surface area contributed by atoms with Gasteiger partial charge in [-0.1, -0.05) is 13.0 Å². The van der Waals surface area contributed by atoms with Gasteiger partial charge in [0.2, 0.25) is 0 Å². The Hall–Kier alpha value is -0.630. The molecule has 1 saturated heterocycles. The van der Waals surface area contributed by atoms with E-state index < -0.39 is 0 Å². The number of nitrogens with one attached hydrogen (secondary N) is 1. The molecule has 1 unspecified atom stereocenters. The molecule has 11 heavy (non-hydrogen) atoms. The minimum Gasteiger partial charge on any atom is -0.307 e. The van der Waals surface area contributed by atoms with E-state index in [-0.39, 0.29) is 11.8 Å². The van der Waals surface area contributed by atoms with Crippen molar-refractivity contribution in [3.63, 3.8) is 0 Å². The molecule has 1 N–H and O–H groups in total. The molecule has 0 aromatic rings. The molecule has 0 bridgehead atoms. The fourth-order valence-electron chi connectivity index (χ4n) is 1.37. The van der Waals surface area contributed by atoms with Crippen molar-refractivity contribution in [2.75, 3.05) is 6.54 Å². The second-order valence-corrected chi connectivity index (χ2v) is 3.15. The first-order valence-electron chi connectivity index (χ1n) is 4.15. The first kappa shape index (κ1) is 8.47. The van der Waals surface area contributed by atoms with Gasteiger partial charge in [-0.05, 0) is 31.9 Å². The summed E-state index contributed by atoms with van der Waals surface area (Å²) in [6, 6.07) is 0.0567. The minimum atomic E-state index is 0.0567. The molecule has 0 spiro atoms. The van der Waals surface area contributed by atoms with Crippen LogP contribution in [0.4, 0.5) is 0 Å². The number of hydrogen-bond donors (Lipinski definition) is 1. The average molecular weight is 153 g/mol. The van der Waals surface area contributed by atoms with Crippen molar-refractivity contribution in [3.05, 3.63) is 12.2 Å². The predicted molar refractivity (Wildman–Crippen MR) is 45.5 cm³/mol. The third-order valence-electron chi connectivity index (χ3n) is 2.05. The summed E-state index contributed by atoms with van der Waals surface area (Å²) in [7, 11) is 0. The number of ketones is 1. The molecular formula is C9H15NO. The van der Waals surface area contributed by atoms with Crippen LogP contribution in [-0.2, 0) is 4.79 Å². The van der Waals surface area contributed by atoms with Crippen molar-refractivity contribution < 1.29 is 4.79 Å². The maximum absolute atomic E-state index is 11.3. The smallest absolute Gasteiger partial charge is 0.174 e. The SMILES string of the molecule is C=C(C)C(=O)C1CCCCN1. The predicted octanol–water partition coefficient (Wildman–Crippen LogP) is 1.27. The highest BCUT2D eigenvalue weighted by molar-refractivity contribution is 5.98. The molecule has 0 saturated carbocycles. The summed E-state index contributed by atoms with van der Waals surface area (Å²) in [6.45, 7) is 6.39. The second-order valence-electron chi connectivity index (χ2n) is 3.15. The lowest BCUT2D eigenvalue weighted by Gasteiger charge is -2.21. The van der Waals surface area contributed by atoms with Crippen molar-refractivity contribution in [1.29, 1.82) is 0 Å². The lowest BCUT2D eigenvalue weighted by Crippen LogP contribution is -2.40. The van der Waals surface area contributed by atoms with Crippen LogP contribution in [0, 0.1) is 0 Å². The normalized spacial score (nSPS) is 24.6. The molecule has 2 nitrogen and oxygen atoms in total. The van der Waals surface area contributed by atoms with Crippen LogP contribution in [0.25, 0.3) is 0 Å². The van der Waals surface area contributed by atoms with Gasteiger partial charge < -0.3 is 5.32 Å². The summed E-state index contributed by atoms with van der Waals surface area (Å²) >= 11 is 0. The molecule has 0 radical (unpaired) electrons. The Kier molecular flexibility index (Phi) is 2.83. The van der Waals surface area contributed by atoms with Crippen molar-refractivity contribution in [3.8, 4) is 0 Å². The molecule has 1 heterocycles. The van der Waals surface area contributed by atoms with Crippen molar-refractivity contribution in [2.45, 2.75) is 32.2 Å². The number of hydrogen-bond acceptors (Lipinski definition) is 2. The van der Waals surface area contributed by atoms with E-state index in [2.05, 4.69) is 11.9 Å². The number of carbonyl (C=O) groups is 1. The molecule has 0 aromatic heterocycles. The van der Waals surface area contributed by atoms with Gasteiger partial charge in [0, 0.05) is 0 Å². The third-order valence-corrected chi connectivity index (χ3v) is 2.05. The van der Waals surface area contributed by atoms with Crippen LogP contribution in [-0.4, -0.2) is 18.4 Å². The van der Waals surface area contributed by atoms with Gasteiger partial charge in [0.25, 0.3) is 0 Å². The molecule has 1 fully saturated rings. The van der Waals surface area contributed by atoms with Gasteiger partial charge in [-0.3, -0.25) is 4.79 Å². The third kappa shape index (κ3) is 2.15. The lowest BCUT2D eigenvalue weighted by atomic mass is 9.98. The Balaban J connectivity index is 2.45. The highest BCUT2D eigenvalue weighted by Crippen LogP contribution is 2.10. The Morgan fingerprint density at radius 2 is 2.27 bits per heavy atom. The van der Waals surface area contributed by atoms with E-state index in [1.807, 2.05) is 0 Å². The highest BCUT2D eigenvalue weighted by atomic mass is 16.1. The quantitative estimate of drug-likeness (QED) is 0.605. The van der Waals surface area contributed by atoms with Crippen LogP contribution in [0.2, 0.25) is 0 Å². The van der Waals surface area contributed by atoms with Crippen LogP contribution < -0.4 is 5.32 Å². The summed E-state index contributed by atoms with van der Waals surface area (Å²) < 4.78 is 0. The summed E-state index contributed by atoms with van der Waals surface area (Å²) in [6.07, 6.45) is 3.34. The first-order chi connectivity index (χ1) is 5.22. The van der Waals surface area contributed by atoms with Crippen molar-refractivity contribution in [2.24, 2.45) is 0 Å². The average Bonchev–Trinajstić information content (AvgIpc) is 2.05. The van der Waals surface area contributed by atoms with Gasteiger partial charge in [-0.15, -0.1) is 0 Å². The summed E-state index contributed by atoms with van der Waals surface area (Å²) in [4.78, 5) is 11.3. The van der Waals surface area contributed by atoms with E-state index in [0.29, 0.717) is 5.57 Å². The molecule has 0 aliphatic carbocycles. The van der Waals surface area contributed by atoms with E-state index >= 15 is 0 Å². The zero-order valence-corrected chi connectivity index (χ0v) is 7.02. The largest absolute Gasteiger partial charge is 0.307 e. The van der Waals surface area contributed by atoms with Crippen molar-refractivity contribution >= 4 is 5.78 Å². The van der Waals surface area contributed by atoms with Gasteiger partial charge >= 0.3 is 0 Å². The zero-order valence-electron chi connectivity index (χ0n) is 7.02. The molecule has 62 valence electrons. The van der Waals surface area contributed by atoms with Crippen LogP contribution >= 0.6 is 0 Å². The van der Waals surface area contributed by atoms with Crippen LogP contribution in [0.15, 0.2) is 12.2 Å². The lowest BCUT2D eigenvalue weighted by molar-refractivity contribution is -0.117. The topological polar surface area (TPSA) is 29.1 Å². The summed E-state index contributed by atoms with van der Waals surface area (Å²) in [5, 5.41) is 3.19. The molecule has 0 amide bonds. The van der Waals surface area contributed by atoms with E-state index in [9.17, 15) is 4.79 Å². The Bertz CT molecular complexity index is 168. The van der Waals surface area contributed by atoms with E-state index in [0.717, 1.165) is 19.4 Å². The van der Waals surface area contributed by atoms with Gasteiger partial charge in [0.15, 0.2) is 5.78 Å². The van der Waals surface area contributed by atoms with E-state index in [4.69, 9.17) is 0 Å². The number of rotatable bonds is 2. The molecule has 2 heteroatoms. The maximum atomic E-state index is 11.3. The molecular weight excluding hydrogens is 138 g/mol. The van der Waals surface area contributed by atoms with Gasteiger partial charge in [-0.2, -0.15) is 0 Å². The fourth-order valence-corrected chi connectivity index (χ4v) is 1.37. The minimum absolute atomic E-state index is 0.0567. The number of Topliss-reactive ketones (excluding diaryl/α,β-unsaturated/α-hetero) is 1. The summed E-state index contributed by atoms with van der Waals surface area (Å²) in [5.74, 6) is 0.185. The first-order valence-corrected chi connectivity index (χ1v) is 4.15. The maximum Gasteiger partial charge on any atom is 0.174 e. The van der Waals surface area contributed by atoms with Gasteiger partial charge in [0.1, 0.15) is 0 Å². The summed E-state index contributed by atoms with van der Waals surface area (Å²) in [5.41, 5.74) is 0.671. The van der Waals surface area contributed by atoms with Crippen molar-refractivity contribution in [1.82, 2.24) is 5.32 Å². The Morgan fingerprint density at radius 3 is 2.73 bits per heavy atom. The molecule has 1 atom stereocenters. The fraction of sp³-hybridized carbons (Fsp3) is 0.667. The molecule has 1 aliphatic heterocycles.